The minimum absolute atomic E-state index is 0.0273. The first-order valence-corrected chi connectivity index (χ1v) is 12.5. The lowest BCUT2D eigenvalue weighted by molar-refractivity contribution is 0.0894. The molecular formula is C29H30F2N4O2. The van der Waals surface area contributed by atoms with Crippen LogP contribution in [0.2, 0.25) is 0 Å². The van der Waals surface area contributed by atoms with E-state index in [1.54, 1.807) is 29.7 Å². The van der Waals surface area contributed by atoms with Gasteiger partial charge < -0.3 is 10.1 Å². The van der Waals surface area contributed by atoms with Crippen molar-refractivity contribution in [3.05, 3.63) is 101 Å². The van der Waals surface area contributed by atoms with Crippen LogP contribution in [0.1, 0.15) is 45.7 Å². The number of hydrogen-bond donors (Lipinski definition) is 1. The molecule has 0 spiro atoms. The van der Waals surface area contributed by atoms with Crippen LogP contribution in [0.25, 0.3) is 5.65 Å². The van der Waals surface area contributed by atoms with Gasteiger partial charge in [-0.15, -0.1) is 0 Å². The first kappa shape index (κ1) is 24.9. The number of fused-ring (bicyclic) bond motifs is 1. The number of carbonyl (C=O) groups excluding carboxylic acids is 1. The molecule has 0 saturated carbocycles. The predicted octanol–water partition coefficient (Wildman–Crippen LogP) is 5.20. The molecule has 1 saturated heterocycles. The Kier molecular flexibility index (Phi) is 7.19. The molecule has 6 nitrogen and oxygen atoms in total. The third kappa shape index (κ3) is 5.49. The molecule has 0 bridgehead atoms. The molecule has 4 aromatic rings. The highest BCUT2D eigenvalue weighted by atomic mass is 19.1. The highest BCUT2D eigenvalue weighted by Gasteiger charge is 2.25. The van der Waals surface area contributed by atoms with Crippen molar-refractivity contribution < 1.29 is 18.3 Å². The van der Waals surface area contributed by atoms with E-state index in [1.807, 2.05) is 0 Å². The quantitative estimate of drug-likeness (QED) is 0.376. The van der Waals surface area contributed by atoms with Gasteiger partial charge in [-0.05, 0) is 63.1 Å². The number of nitrogens with zero attached hydrogens (tertiary/aromatic N) is 3. The molecule has 37 heavy (non-hydrogen) atoms. The van der Waals surface area contributed by atoms with E-state index in [0.717, 1.165) is 32.5 Å². The second-order valence-electron chi connectivity index (χ2n) is 9.64. The minimum atomic E-state index is -0.671. The molecule has 1 amide bonds. The van der Waals surface area contributed by atoms with E-state index in [4.69, 9.17) is 4.74 Å². The van der Waals surface area contributed by atoms with Gasteiger partial charge in [-0.3, -0.25) is 14.1 Å². The molecule has 1 fully saturated rings. The van der Waals surface area contributed by atoms with Crippen LogP contribution in [0.4, 0.5) is 8.78 Å². The number of ether oxygens (including phenoxy) is 1. The average molecular weight is 505 g/mol. The number of aromatic nitrogens is 2. The van der Waals surface area contributed by atoms with Crippen LogP contribution >= 0.6 is 0 Å². The number of halogens is 2. The van der Waals surface area contributed by atoms with Crippen molar-refractivity contribution in [2.24, 2.45) is 0 Å². The Hall–Kier alpha value is -3.78. The average Bonchev–Trinajstić information content (AvgIpc) is 3.20. The third-order valence-corrected chi connectivity index (χ3v) is 6.77. The van der Waals surface area contributed by atoms with E-state index in [1.165, 1.54) is 29.3 Å². The fraction of sp³-hybridized carbons (Fsp3) is 0.310. The van der Waals surface area contributed by atoms with Crippen molar-refractivity contribution in [1.82, 2.24) is 19.6 Å². The van der Waals surface area contributed by atoms with Crippen LogP contribution in [-0.2, 0) is 13.2 Å². The topological polar surface area (TPSA) is 58.9 Å². The summed E-state index contributed by atoms with van der Waals surface area (Å²) in [6.45, 7) is 6.20. The Morgan fingerprint density at radius 3 is 2.68 bits per heavy atom. The molecule has 1 atom stereocenters. The standard InChI is InChI=1S/C29H30F2N4O2/c1-19-7-3-8-21(15-19)16-34-13-5-9-22(17-34)33-29(36)27-20(2)32-28-26(12-6-14-35(27)28)37-18-23-24(30)10-4-11-25(23)31/h3-4,6-8,10-12,14-15,22H,5,9,13,16-18H2,1-2H3,(H,33,36)/t22-/m0/s1. The fourth-order valence-electron chi connectivity index (χ4n) is 5.00. The van der Waals surface area contributed by atoms with Crippen molar-refractivity contribution in [1.29, 1.82) is 0 Å². The van der Waals surface area contributed by atoms with Gasteiger partial charge in [-0.2, -0.15) is 0 Å². The molecule has 0 radical (unpaired) electrons. The van der Waals surface area contributed by atoms with Gasteiger partial charge in [0.2, 0.25) is 0 Å². The number of imidazole rings is 1. The van der Waals surface area contributed by atoms with E-state index in [2.05, 4.69) is 46.4 Å². The predicted molar refractivity (Wildman–Crippen MR) is 138 cm³/mol. The van der Waals surface area contributed by atoms with Gasteiger partial charge in [0.1, 0.15) is 23.9 Å². The zero-order valence-corrected chi connectivity index (χ0v) is 21.0. The minimum Gasteiger partial charge on any atom is -0.485 e. The maximum absolute atomic E-state index is 14.0. The monoisotopic (exact) mass is 504 g/mol. The normalized spacial score (nSPS) is 16.2. The first-order chi connectivity index (χ1) is 17.9. The van der Waals surface area contributed by atoms with E-state index in [9.17, 15) is 13.6 Å². The van der Waals surface area contributed by atoms with E-state index < -0.39 is 11.6 Å². The van der Waals surface area contributed by atoms with Gasteiger partial charge in [0.15, 0.2) is 11.4 Å². The maximum Gasteiger partial charge on any atom is 0.270 e. The maximum atomic E-state index is 14.0. The van der Waals surface area contributed by atoms with Crippen molar-refractivity contribution in [3.8, 4) is 5.75 Å². The van der Waals surface area contributed by atoms with Gasteiger partial charge in [0, 0.05) is 25.3 Å². The van der Waals surface area contributed by atoms with Gasteiger partial charge >= 0.3 is 0 Å². The summed E-state index contributed by atoms with van der Waals surface area (Å²) in [5.74, 6) is -1.20. The van der Waals surface area contributed by atoms with Crippen LogP contribution < -0.4 is 10.1 Å². The van der Waals surface area contributed by atoms with Crippen LogP contribution in [0.3, 0.4) is 0 Å². The van der Waals surface area contributed by atoms with E-state index >= 15 is 0 Å². The summed E-state index contributed by atoms with van der Waals surface area (Å²) in [6, 6.07) is 15.6. The van der Waals surface area contributed by atoms with Gasteiger partial charge in [-0.1, -0.05) is 35.9 Å². The molecule has 2 aromatic carbocycles. The lowest BCUT2D eigenvalue weighted by Crippen LogP contribution is -2.47. The zero-order valence-electron chi connectivity index (χ0n) is 21.0. The molecular weight excluding hydrogens is 474 g/mol. The molecule has 5 rings (SSSR count). The number of hydrogen-bond acceptors (Lipinski definition) is 4. The number of nitrogens with one attached hydrogen (secondary N) is 1. The summed E-state index contributed by atoms with van der Waals surface area (Å²) in [5, 5.41) is 3.19. The Morgan fingerprint density at radius 1 is 1.11 bits per heavy atom. The summed E-state index contributed by atoms with van der Waals surface area (Å²) in [6.07, 6.45) is 3.66. The summed E-state index contributed by atoms with van der Waals surface area (Å²) < 4.78 is 35.5. The molecule has 3 heterocycles. The van der Waals surface area contributed by atoms with Gasteiger partial charge in [-0.25, -0.2) is 13.8 Å². The van der Waals surface area contributed by atoms with Crippen LogP contribution in [0.5, 0.6) is 5.75 Å². The number of carbonyl (C=O) groups is 1. The first-order valence-electron chi connectivity index (χ1n) is 12.5. The van der Waals surface area contributed by atoms with Crippen molar-refractivity contribution in [2.45, 2.75) is 45.9 Å². The van der Waals surface area contributed by atoms with Crippen LogP contribution in [0, 0.1) is 25.5 Å². The van der Waals surface area contributed by atoms with Crippen LogP contribution in [-0.4, -0.2) is 39.3 Å². The van der Waals surface area contributed by atoms with Crippen molar-refractivity contribution in [2.75, 3.05) is 13.1 Å². The van der Waals surface area contributed by atoms with Crippen molar-refractivity contribution in [3.63, 3.8) is 0 Å². The van der Waals surface area contributed by atoms with Gasteiger partial charge in [0.05, 0.1) is 11.3 Å². The highest BCUT2D eigenvalue weighted by molar-refractivity contribution is 5.95. The number of pyridine rings is 1. The summed E-state index contributed by atoms with van der Waals surface area (Å²) in [4.78, 5) is 20.3. The lowest BCUT2D eigenvalue weighted by atomic mass is 10.0. The van der Waals surface area contributed by atoms with Crippen molar-refractivity contribution >= 4 is 11.6 Å². The highest BCUT2D eigenvalue weighted by Crippen LogP contribution is 2.25. The second kappa shape index (κ2) is 10.7. The molecule has 192 valence electrons. The Labute approximate surface area is 214 Å². The lowest BCUT2D eigenvalue weighted by Gasteiger charge is -2.33. The molecule has 8 heteroatoms. The molecule has 0 aliphatic carbocycles. The van der Waals surface area contributed by atoms with Crippen LogP contribution in [0.15, 0.2) is 60.8 Å². The zero-order chi connectivity index (χ0) is 25.9. The number of rotatable bonds is 7. The number of aryl methyl sites for hydroxylation is 2. The number of likely N-dealkylation sites (tertiary alicyclic amines) is 1. The third-order valence-electron chi connectivity index (χ3n) is 6.77. The smallest absolute Gasteiger partial charge is 0.270 e. The number of benzene rings is 2. The summed E-state index contributed by atoms with van der Waals surface area (Å²) in [5.41, 5.74) is 3.76. The molecule has 1 aliphatic heterocycles. The van der Waals surface area contributed by atoms with Gasteiger partial charge in [0.25, 0.3) is 5.91 Å². The van der Waals surface area contributed by atoms with E-state index in [0.29, 0.717) is 22.8 Å². The fourth-order valence-corrected chi connectivity index (χ4v) is 5.00. The number of piperidine rings is 1. The molecule has 1 aliphatic rings. The largest absolute Gasteiger partial charge is 0.485 e. The Balaban J connectivity index is 1.30. The second-order valence-corrected chi connectivity index (χ2v) is 9.64. The molecule has 0 unspecified atom stereocenters. The summed E-state index contributed by atoms with van der Waals surface area (Å²) in [7, 11) is 0. The number of amides is 1. The summed E-state index contributed by atoms with van der Waals surface area (Å²) >= 11 is 0. The Bertz CT molecular complexity index is 1410. The SMILES string of the molecule is Cc1cccc(CN2CCC[C@H](NC(=O)c3c(C)nc4c(OCc5c(F)cccc5F)cccn34)C2)c1. The molecule has 2 aromatic heterocycles. The Morgan fingerprint density at radius 2 is 1.89 bits per heavy atom. The molecule has 1 N–H and O–H groups in total. The van der Waals surface area contributed by atoms with E-state index in [-0.39, 0.29) is 24.1 Å².